The van der Waals surface area contributed by atoms with Gasteiger partial charge in [-0.1, -0.05) is 37.6 Å². The highest BCUT2D eigenvalue weighted by atomic mass is 19.1. The lowest BCUT2D eigenvalue weighted by Crippen LogP contribution is -2.37. The van der Waals surface area contributed by atoms with Crippen LogP contribution in [-0.2, 0) is 24.2 Å². The normalized spacial score (nSPS) is 20.1. The Morgan fingerprint density at radius 2 is 2.05 bits per heavy atom. The van der Waals surface area contributed by atoms with Gasteiger partial charge in [0.25, 0.3) is 0 Å². The number of ether oxygens (including phenoxy) is 2. The van der Waals surface area contributed by atoms with Crippen molar-refractivity contribution in [2.24, 2.45) is 5.92 Å². The molecule has 2 aliphatic rings. The Morgan fingerprint density at radius 3 is 2.82 bits per heavy atom. The molecule has 0 bridgehead atoms. The van der Waals surface area contributed by atoms with Crippen LogP contribution in [-0.4, -0.2) is 40.7 Å². The third-order valence-electron chi connectivity index (χ3n) is 8.19. The molecule has 1 fully saturated rings. The Bertz CT molecular complexity index is 1340. The topological polar surface area (TPSA) is 71.9 Å². The number of hydrogen-bond donors (Lipinski definition) is 1. The van der Waals surface area contributed by atoms with Gasteiger partial charge in [-0.05, 0) is 85.5 Å². The van der Waals surface area contributed by atoms with E-state index in [0.29, 0.717) is 23.9 Å². The predicted molar refractivity (Wildman–Crippen MR) is 149 cm³/mol. The molecule has 0 aliphatic carbocycles. The van der Waals surface area contributed by atoms with E-state index in [0.717, 1.165) is 59.5 Å². The van der Waals surface area contributed by atoms with Crippen molar-refractivity contribution < 1.29 is 23.8 Å². The van der Waals surface area contributed by atoms with Crippen LogP contribution in [0.4, 0.5) is 4.39 Å². The van der Waals surface area contributed by atoms with Gasteiger partial charge in [-0.25, -0.2) is 9.37 Å². The van der Waals surface area contributed by atoms with Gasteiger partial charge in [0, 0.05) is 24.2 Å². The van der Waals surface area contributed by atoms with E-state index in [9.17, 15) is 14.3 Å². The maximum absolute atomic E-state index is 14.9. The van der Waals surface area contributed by atoms with Crippen LogP contribution in [0.5, 0.6) is 11.6 Å². The fourth-order valence-corrected chi connectivity index (χ4v) is 5.79. The number of carbonyl (C=O) groups is 1. The Kier molecular flexibility index (Phi) is 8.17. The third kappa shape index (κ3) is 6.09. The van der Waals surface area contributed by atoms with Crippen molar-refractivity contribution in [1.82, 2.24) is 9.88 Å². The predicted octanol–water partition coefficient (Wildman–Crippen LogP) is 6.60. The first-order chi connectivity index (χ1) is 18.8. The molecule has 3 unspecified atom stereocenters. The summed E-state index contributed by atoms with van der Waals surface area (Å²) < 4.78 is 26.7. The van der Waals surface area contributed by atoms with E-state index in [1.165, 1.54) is 32.6 Å². The summed E-state index contributed by atoms with van der Waals surface area (Å²) in [5.74, 6) is -0.437. The monoisotopic (exact) mass is 532 g/mol. The molecule has 0 amide bonds. The molecule has 5 rings (SSSR count). The second kappa shape index (κ2) is 11.7. The molecule has 206 valence electrons. The molecule has 3 atom stereocenters. The molecule has 2 aromatic carbocycles. The summed E-state index contributed by atoms with van der Waals surface area (Å²) in [6.45, 7) is 5.82. The molecule has 2 aliphatic heterocycles. The van der Waals surface area contributed by atoms with Gasteiger partial charge in [-0.15, -0.1) is 0 Å². The van der Waals surface area contributed by atoms with E-state index in [-0.39, 0.29) is 11.9 Å². The summed E-state index contributed by atoms with van der Waals surface area (Å²) in [6, 6.07) is 14.3. The van der Waals surface area contributed by atoms with Gasteiger partial charge in [0.05, 0.1) is 19.2 Å². The Morgan fingerprint density at radius 1 is 1.21 bits per heavy atom. The molecule has 1 N–H and O–H groups in total. The van der Waals surface area contributed by atoms with Gasteiger partial charge < -0.3 is 14.6 Å². The molecule has 0 saturated carbocycles. The number of nitrogens with zero attached hydrogens (tertiary/aromatic N) is 2. The summed E-state index contributed by atoms with van der Waals surface area (Å²) in [4.78, 5) is 17.9. The van der Waals surface area contributed by atoms with Crippen LogP contribution >= 0.6 is 0 Å². The third-order valence-corrected chi connectivity index (χ3v) is 8.19. The Hall–Kier alpha value is -3.45. The van der Waals surface area contributed by atoms with Crippen molar-refractivity contribution >= 4 is 5.97 Å². The van der Waals surface area contributed by atoms with E-state index in [1.807, 2.05) is 18.2 Å². The first-order valence-corrected chi connectivity index (χ1v) is 13.9. The zero-order valence-corrected chi connectivity index (χ0v) is 23.0. The number of carboxylic acids is 1. The van der Waals surface area contributed by atoms with Crippen molar-refractivity contribution in [3.8, 4) is 22.8 Å². The summed E-state index contributed by atoms with van der Waals surface area (Å²) in [5.41, 5.74) is 5.62. The molecule has 39 heavy (non-hydrogen) atoms. The summed E-state index contributed by atoms with van der Waals surface area (Å²) in [5, 5.41) is 9.34. The molecule has 3 heterocycles. The number of aliphatic carboxylic acids is 1. The summed E-state index contributed by atoms with van der Waals surface area (Å²) in [6.07, 6.45) is 6.87. The highest BCUT2D eigenvalue weighted by molar-refractivity contribution is 5.70. The number of likely N-dealkylation sites (tertiary alicyclic amines) is 1. The zero-order chi connectivity index (χ0) is 27.5. The van der Waals surface area contributed by atoms with Crippen LogP contribution < -0.4 is 9.47 Å². The molecule has 1 saturated heterocycles. The zero-order valence-electron chi connectivity index (χ0n) is 23.0. The van der Waals surface area contributed by atoms with Gasteiger partial charge >= 0.3 is 5.97 Å². The number of hydrogen-bond acceptors (Lipinski definition) is 5. The number of methoxy groups -OCH3 is 1. The number of fused-ring (bicyclic) bond motifs is 1. The number of halogens is 1. The number of benzene rings is 2. The smallest absolute Gasteiger partial charge is 0.306 e. The Labute approximate surface area is 229 Å². The first kappa shape index (κ1) is 27.1. The molecule has 0 radical (unpaired) electrons. The van der Waals surface area contributed by atoms with Gasteiger partial charge in [-0.3, -0.25) is 9.69 Å². The molecule has 0 spiro atoms. The van der Waals surface area contributed by atoms with Crippen LogP contribution in [0, 0.1) is 11.7 Å². The fraction of sp³-hybridized carbons (Fsp3) is 0.438. The van der Waals surface area contributed by atoms with E-state index >= 15 is 0 Å². The van der Waals surface area contributed by atoms with Crippen LogP contribution in [0.25, 0.3) is 11.1 Å². The quantitative estimate of drug-likeness (QED) is 0.352. The van der Waals surface area contributed by atoms with Crippen molar-refractivity contribution in [2.45, 2.75) is 71.1 Å². The van der Waals surface area contributed by atoms with Gasteiger partial charge in [-0.2, -0.15) is 0 Å². The van der Waals surface area contributed by atoms with Gasteiger partial charge in [0.2, 0.25) is 5.88 Å². The SMILES string of the molecule is COc1cc(-c2ccc(C3CCc4ccc(CC(C)C(=O)O)cc4O3)c(CN3CCCCC3C)c2)c(F)cn1. The maximum atomic E-state index is 14.9. The average Bonchev–Trinajstić information content (AvgIpc) is 2.94. The number of rotatable bonds is 8. The van der Waals surface area contributed by atoms with Crippen molar-refractivity contribution in [3.05, 3.63) is 76.7 Å². The van der Waals surface area contributed by atoms with Crippen molar-refractivity contribution in [3.63, 3.8) is 0 Å². The number of piperidine rings is 1. The molecule has 7 heteroatoms. The largest absolute Gasteiger partial charge is 0.485 e. The lowest BCUT2D eigenvalue weighted by Gasteiger charge is -2.35. The summed E-state index contributed by atoms with van der Waals surface area (Å²) in [7, 11) is 1.53. The summed E-state index contributed by atoms with van der Waals surface area (Å²) >= 11 is 0. The second-order valence-corrected chi connectivity index (χ2v) is 11.0. The molecular formula is C32H37FN2O4. The van der Waals surface area contributed by atoms with E-state index in [2.05, 4.69) is 35.0 Å². The highest BCUT2D eigenvalue weighted by Crippen LogP contribution is 2.39. The van der Waals surface area contributed by atoms with Crippen LogP contribution in [0.2, 0.25) is 0 Å². The van der Waals surface area contributed by atoms with E-state index in [1.54, 1.807) is 13.0 Å². The fourth-order valence-electron chi connectivity index (χ4n) is 5.79. The minimum atomic E-state index is -0.800. The number of carboxylic acid groups (broad SMARTS) is 1. The minimum absolute atomic E-state index is 0.134. The number of aromatic nitrogens is 1. The van der Waals surface area contributed by atoms with Gasteiger partial charge in [0.1, 0.15) is 17.7 Å². The number of pyridine rings is 1. The molecule has 6 nitrogen and oxygen atoms in total. The minimum Gasteiger partial charge on any atom is -0.485 e. The first-order valence-electron chi connectivity index (χ1n) is 13.9. The van der Waals surface area contributed by atoms with Crippen LogP contribution in [0.3, 0.4) is 0 Å². The Balaban J connectivity index is 1.48. The molecular weight excluding hydrogens is 495 g/mol. The van der Waals surface area contributed by atoms with Crippen LogP contribution in [0.1, 0.15) is 67.9 Å². The molecule has 1 aromatic heterocycles. The van der Waals surface area contributed by atoms with Crippen molar-refractivity contribution in [2.75, 3.05) is 13.7 Å². The standard InChI is InChI=1S/C32H37FN2O4/c1-20(32(36)37)14-22-7-8-23-10-12-29(39-30(23)15-22)26-11-9-24(27-17-31(38-3)34-18-28(27)33)16-25(26)19-35-13-5-4-6-21(35)2/h7-9,11,15-18,20-21,29H,4-6,10,12-14,19H2,1-3H3,(H,36,37). The highest BCUT2D eigenvalue weighted by Gasteiger charge is 2.27. The molecule has 3 aromatic rings. The van der Waals surface area contributed by atoms with Gasteiger partial charge in [0.15, 0.2) is 0 Å². The van der Waals surface area contributed by atoms with E-state index < -0.39 is 11.9 Å². The van der Waals surface area contributed by atoms with E-state index in [4.69, 9.17) is 9.47 Å². The lowest BCUT2D eigenvalue weighted by molar-refractivity contribution is -0.141. The number of aryl methyl sites for hydroxylation is 1. The maximum Gasteiger partial charge on any atom is 0.306 e. The lowest BCUT2D eigenvalue weighted by atomic mass is 9.90. The second-order valence-electron chi connectivity index (χ2n) is 11.0. The average molecular weight is 533 g/mol. The van der Waals surface area contributed by atoms with Crippen molar-refractivity contribution in [1.29, 1.82) is 0 Å². The van der Waals surface area contributed by atoms with Crippen LogP contribution in [0.15, 0.2) is 48.7 Å².